The van der Waals surface area contributed by atoms with E-state index in [2.05, 4.69) is 10.6 Å². The SMILES string of the molecule is Cc1ccc(F)c(NC(=O)CCCNC(=O)c2ccsc2)c1. The minimum atomic E-state index is -0.454. The number of carbonyl (C=O) groups is 2. The van der Waals surface area contributed by atoms with Gasteiger partial charge in [-0.1, -0.05) is 6.07 Å². The highest BCUT2D eigenvalue weighted by Gasteiger charge is 2.08. The van der Waals surface area contributed by atoms with E-state index in [9.17, 15) is 14.0 Å². The Morgan fingerprint density at radius 1 is 1.27 bits per heavy atom. The maximum atomic E-state index is 13.5. The fourth-order valence-electron chi connectivity index (χ4n) is 1.89. The van der Waals surface area contributed by atoms with E-state index in [1.807, 2.05) is 12.3 Å². The van der Waals surface area contributed by atoms with Gasteiger partial charge in [0.1, 0.15) is 5.82 Å². The Morgan fingerprint density at radius 3 is 2.82 bits per heavy atom. The van der Waals surface area contributed by atoms with E-state index in [0.717, 1.165) is 5.56 Å². The largest absolute Gasteiger partial charge is 0.352 e. The summed E-state index contributed by atoms with van der Waals surface area (Å²) in [6.07, 6.45) is 0.715. The van der Waals surface area contributed by atoms with Crippen molar-refractivity contribution in [2.24, 2.45) is 0 Å². The lowest BCUT2D eigenvalue weighted by molar-refractivity contribution is -0.116. The lowest BCUT2D eigenvalue weighted by Crippen LogP contribution is -2.25. The molecule has 2 amide bonds. The van der Waals surface area contributed by atoms with Crippen LogP contribution in [-0.4, -0.2) is 18.4 Å². The molecular weight excluding hydrogens is 303 g/mol. The summed E-state index contributed by atoms with van der Waals surface area (Å²) in [7, 11) is 0. The number of anilines is 1. The monoisotopic (exact) mass is 320 g/mol. The van der Waals surface area contributed by atoms with Gasteiger partial charge in [-0.3, -0.25) is 9.59 Å². The van der Waals surface area contributed by atoms with Gasteiger partial charge < -0.3 is 10.6 Å². The van der Waals surface area contributed by atoms with Crippen LogP contribution in [0.25, 0.3) is 0 Å². The van der Waals surface area contributed by atoms with Crippen molar-refractivity contribution in [2.45, 2.75) is 19.8 Å². The third-order valence-corrected chi connectivity index (χ3v) is 3.73. The number of benzene rings is 1. The molecule has 2 aromatic rings. The molecule has 0 saturated heterocycles. The standard InChI is InChI=1S/C16H17FN2O2S/c1-11-4-5-13(17)14(9-11)19-15(20)3-2-7-18-16(21)12-6-8-22-10-12/h4-6,8-10H,2-3,7H2,1H3,(H,18,21)(H,19,20). The number of nitrogens with one attached hydrogen (secondary N) is 2. The lowest BCUT2D eigenvalue weighted by atomic mass is 10.2. The number of halogens is 1. The van der Waals surface area contributed by atoms with Crippen molar-refractivity contribution >= 4 is 28.8 Å². The summed E-state index contributed by atoms with van der Waals surface area (Å²) in [5.41, 5.74) is 1.68. The summed E-state index contributed by atoms with van der Waals surface area (Å²) in [6.45, 7) is 2.23. The van der Waals surface area contributed by atoms with E-state index in [1.54, 1.807) is 23.6 Å². The van der Waals surface area contributed by atoms with Gasteiger partial charge in [0.2, 0.25) is 5.91 Å². The zero-order valence-corrected chi connectivity index (χ0v) is 13.0. The molecule has 0 aliphatic carbocycles. The highest BCUT2D eigenvalue weighted by molar-refractivity contribution is 7.08. The average Bonchev–Trinajstić information content (AvgIpc) is 3.01. The zero-order valence-electron chi connectivity index (χ0n) is 12.2. The predicted octanol–water partition coefficient (Wildman–Crippen LogP) is 3.34. The summed E-state index contributed by atoms with van der Waals surface area (Å²) < 4.78 is 13.5. The third-order valence-electron chi connectivity index (χ3n) is 3.05. The van der Waals surface area contributed by atoms with Crippen LogP contribution in [0.3, 0.4) is 0 Å². The van der Waals surface area contributed by atoms with Crippen LogP contribution in [0.15, 0.2) is 35.0 Å². The Morgan fingerprint density at radius 2 is 2.09 bits per heavy atom. The molecule has 1 heterocycles. The number of amides is 2. The predicted molar refractivity (Wildman–Crippen MR) is 85.7 cm³/mol. The molecule has 4 nitrogen and oxygen atoms in total. The maximum Gasteiger partial charge on any atom is 0.252 e. The van der Waals surface area contributed by atoms with Gasteiger partial charge in [0.25, 0.3) is 5.91 Å². The third kappa shape index (κ3) is 4.66. The molecule has 6 heteroatoms. The van der Waals surface area contributed by atoms with Crippen molar-refractivity contribution < 1.29 is 14.0 Å². The topological polar surface area (TPSA) is 58.2 Å². The molecule has 0 aliphatic heterocycles. The van der Waals surface area contributed by atoms with Crippen LogP contribution in [0.4, 0.5) is 10.1 Å². The van der Waals surface area contributed by atoms with Gasteiger partial charge in [0.15, 0.2) is 0 Å². The first-order valence-electron chi connectivity index (χ1n) is 6.92. The first kappa shape index (κ1) is 16.2. The molecule has 2 rings (SSSR count). The normalized spacial score (nSPS) is 10.3. The molecule has 1 aromatic carbocycles. The molecule has 0 saturated carbocycles. The zero-order chi connectivity index (χ0) is 15.9. The Hall–Kier alpha value is -2.21. The molecule has 22 heavy (non-hydrogen) atoms. The molecule has 0 atom stereocenters. The second-order valence-corrected chi connectivity index (χ2v) is 5.68. The van der Waals surface area contributed by atoms with Gasteiger partial charge >= 0.3 is 0 Å². The van der Waals surface area contributed by atoms with Crippen LogP contribution >= 0.6 is 11.3 Å². The van der Waals surface area contributed by atoms with Crippen molar-refractivity contribution in [3.8, 4) is 0 Å². The van der Waals surface area contributed by atoms with Gasteiger partial charge in [-0.25, -0.2) is 4.39 Å². The minimum Gasteiger partial charge on any atom is -0.352 e. The minimum absolute atomic E-state index is 0.147. The fraction of sp³-hybridized carbons (Fsp3) is 0.250. The summed E-state index contributed by atoms with van der Waals surface area (Å²) >= 11 is 1.46. The number of hydrogen-bond acceptors (Lipinski definition) is 3. The first-order chi connectivity index (χ1) is 10.6. The number of thiophene rings is 1. The molecule has 0 spiro atoms. The molecule has 2 N–H and O–H groups in total. The molecule has 116 valence electrons. The van der Waals surface area contributed by atoms with E-state index in [4.69, 9.17) is 0 Å². The summed E-state index contributed by atoms with van der Waals surface area (Å²) in [4.78, 5) is 23.4. The molecule has 0 aliphatic rings. The smallest absolute Gasteiger partial charge is 0.252 e. The van der Waals surface area contributed by atoms with Crippen molar-refractivity contribution in [1.29, 1.82) is 0 Å². The van der Waals surface area contributed by atoms with Crippen molar-refractivity contribution in [2.75, 3.05) is 11.9 Å². The molecule has 0 bridgehead atoms. The van der Waals surface area contributed by atoms with Crippen molar-refractivity contribution in [3.63, 3.8) is 0 Å². The van der Waals surface area contributed by atoms with Gasteiger partial charge in [-0.2, -0.15) is 11.3 Å². The van der Waals surface area contributed by atoms with Crippen molar-refractivity contribution in [3.05, 3.63) is 52.0 Å². The molecule has 0 fully saturated rings. The molecule has 0 unspecified atom stereocenters. The lowest BCUT2D eigenvalue weighted by Gasteiger charge is -2.08. The Balaban J connectivity index is 1.72. The van der Waals surface area contributed by atoms with Gasteiger partial charge in [0.05, 0.1) is 5.69 Å². The highest BCUT2D eigenvalue weighted by atomic mass is 32.1. The Labute approximate surface area is 132 Å². The van der Waals surface area contributed by atoms with E-state index < -0.39 is 5.82 Å². The van der Waals surface area contributed by atoms with Crippen molar-refractivity contribution in [1.82, 2.24) is 5.32 Å². The maximum absolute atomic E-state index is 13.5. The van der Waals surface area contributed by atoms with Crippen LogP contribution in [-0.2, 0) is 4.79 Å². The summed E-state index contributed by atoms with van der Waals surface area (Å²) in [5, 5.41) is 8.88. The number of aryl methyl sites for hydroxylation is 1. The number of carbonyl (C=O) groups excluding carboxylic acids is 2. The van der Waals surface area contributed by atoms with Gasteiger partial charge in [-0.05, 0) is 42.5 Å². The second-order valence-electron chi connectivity index (χ2n) is 4.90. The first-order valence-corrected chi connectivity index (χ1v) is 7.87. The van der Waals surface area contributed by atoms with Gasteiger partial charge in [0, 0.05) is 23.9 Å². The molecule has 1 aromatic heterocycles. The van der Waals surface area contributed by atoms with Crippen LogP contribution in [0.1, 0.15) is 28.8 Å². The second kappa shape index (κ2) is 7.70. The van der Waals surface area contributed by atoms with E-state index in [0.29, 0.717) is 18.5 Å². The van der Waals surface area contributed by atoms with Gasteiger partial charge in [-0.15, -0.1) is 0 Å². The number of hydrogen-bond donors (Lipinski definition) is 2. The summed E-state index contributed by atoms with van der Waals surface area (Å²) in [5.74, 6) is -0.870. The van der Waals surface area contributed by atoms with Crippen LogP contribution in [0, 0.1) is 12.7 Å². The van der Waals surface area contributed by atoms with E-state index in [-0.39, 0.29) is 23.9 Å². The Bertz CT molecular complexity index is 656. The van der Waals surface area contributed by atoms with Crippen LogP contribution in [0.5, 0.6) is 0 Å². The quantitative estimate of drug-likeness (QED) is 0.802. The van der Waals surface area contributed by atoms with E-state index >= 15 is 0 Å². The summed E-state index contributed by atoms with van der Waals surface area (Å²) in [6, 6.07) is 6.30. The van der Waals surface area contributed by atoms with E-state index in [1.165, 1.54) is 17.4 Å². The highest BCUT2D eigenvalue weighted by Crippen LogP contribution is 2.15. The van der Waals surface area contributed by atoms with Crippen LogP contribution < -0.4 is 10.6 Å². The Kier molecular flexibility index (Phi) is 5.66. The van der Waals surface area contributed by atoms with Crippen LogP contribution in [0.2, 0.25) is 0 Å². The molecular formula is C16H17FN2O2S. The molecule has 0 radical (unpaired) electrons. The average molecular weight is 320 g/mol. The number of rotatable bonds is 6. The fourth-order valence-corrected chi connectivity index (χ4v) is 2.53.